The average molecular weight is 249 g/mol. The number of rotatable bonds is 6. The molecule has 2 heteroatoms. The maximum atomic E-state index is 13.6. The summed E-state index contributed by atoms with van der Waals surface area (Å²) in [6, 6.07) is 7.53. The van der Waals surface area contributed by atoms with Gasteiger partial charge in [0.25, 0.3) is 0 Å². The highest BCUT2D eigenvalue weighted by Gasteiger charge is 2.17. The van der Waals surface area contributed by atoms with E-state index in [0.717, 1.165) is 24.3 Å². The van der Waals surface area contributed by atoms with E-state index in [0.29, 0.717) is 6.04 Å². The maximum absolute atomic E-state index is 13.6. The molecule has 1 atom stereocenters. The molecule has 0 bridgehead atoms. The van der Waals surface area contributed by atoms with Gasteiger partial charge in [0.1, 0.15) is 5.82 Å². The normalized spacial score (nSPS) is 18.1. The van der Waals surface area contributed by atoms with Crippen molar-refractivity contribution >= 4 is 0 Å². The highest BCUT2D eigenvalue weighted by Crippen LogP contribution is 2.29. The van der Waals surface area contributed by atoms with Crippen LogP contribution in [0.1, 0.15) is 44.1 Å². The molecule has 1 unspecified atom stereocenters. The third-order valence-corrected chi connectivity index (χ3v) is 4.23. The van der Waals surface area contributed by atoms with E-state index < -0.39 is 0 Å². The van der Waals surface area contributed by atoms with Crippen molar-refractivity contribution in [3.63, 3.8) is 0 Å². The lowest BCUT2D eigenvalue weighted by atomic mass is 9.95. The molecule has 0 spiro atoms. The van der Waals surface area contributed by atoms with Gasteiger partial charge in [-0.05, 0) is 43.9 Å². The van der Waals surface area contributed by atoms with Crippen molar-refractivity contribution in [2.75, 3.05) is 7.05 Å². The van der Waals surface area contributed by atoms with E-state index in [4.69, 9.17) is 0 Å². The standard InChI is InChI=1S/C16H24FN/c1-18-15(11-10-13-6-2-3-7-13)12-14-8-4-5-9-16(14)17/h4-5,8-9,13,15,18H,2-3,6-7,10-12H2,1H3. The van der Waals surface area contributed by atoms with E-state index >= 15 is 0 Å². The minimum atomic E-state index is -0.0707. The predicted molar refractivity (Wildman–Crippen MR) is 74.1 cm³/mol. The fraction of sp³-hybridized carbons (Fsp3) is 0.625. The minimum absolute atomic E-state index is 0.0707. The number of likely N-dealkylation sites (N-methyl/N-ethyl adjacent to an activating group) is 1. The van der Waals surface area contributed by atoms with Gasteiger partial charge in [0.05, 0.1) is 0 Å². The molecular formula is C16H24FN. The van der Waals surface area contributed by atoms with Gasteiger partial charge in [0.2, 0.25) is 0 Å². The lowest BCUT2D eigenvalue weighted by Gasteiger charge is -2.18. The Labute approximate surface area is 110 Å². The molecule has 0 saturated heterocycles. The number of hydrogen-bond donors (Lipinski definition) is 1. The molecule has 1 saturated carbocycles. The lowest BCUT2D eigenvalue weighted by Crippen LogP contribution is -2.28. The number of halogens is 1. The summed E-state index contributed by atoms with van der Waals surface area (Å²) in [5, 5.41) is 3.34. The molecule has 1 fully saturated rings. The summed E-state index contributed by atoms with van der Waals surface area (Å²) >= 11 is 0. The van der Waals surface area contributed by atoms with E-state index in [-0.39, 0.29) is 5.82 Å². The molecule has 0 amide bonds. The van der Waals surface area contributed by atoms with Crippen LogP contribution in [0.4, 0.5) is 4.39 Å². The Morgan fingerprint density at radius 2 is 2.00 bits per heavy atom. The van der Waals surface area contributed by atoms with Crippen LogP contribution in [0.15, 0.2) is 24.3 Å². The summed E-state index contributed by atoms with van der Waals surface area (Å²) in [5.74, 6) is 0.847. The van der Waals surface area contributed by atoms with Crippen LogP contribution in [0.2, 0.25) is 0 Å². The Hall–Kier alpha value is -0.890. The fourth-order valence-electron chi connectivity index (χ4n) is 3.01. The lowest BCUT2D eigenvalue weighted by molar-refractivity contribution is 0.415. The first-order valence-electron chi connectivity index (χ1n) is 7.20. The van der Waals surface area contributed by atoms with Crippen LogP contribution in [0.25, 0.3) is 0 Å². The summed E-state index contributed by atoms with van der Waals surface area (Å²) < 4.78 is 13.6. The summed E-state index contributed by atoms with van der Waals surface area (Å²) in [4.78, 5) is 0. The molecule has 1 aromatic carbocycles. The number of benzene rings is 1. The van der Waals surface area contributed by atoms with E-state index in [1.54, 1.807) is 12.1 Å². The summed E-state index contributed by atoms with van der Waals surface area (Å²) in [7, 11) is 1.99. The predicted octanol–water partition coefficient (Wildman–Crippen LogP) is 3.93. The van der Waals surface area contributed by atoms with Crippen molar-refractivity contribution in [2.45, 2.75) is 51.0 Å². The molecule has 0 heterocycles. The Morgan fingerprint density at radius 3 is 2.67 bits per heavy atom. The second-order valence-electron chi connectivity index (χ2n) is 5.51. The van der Waals surface area contributed by atoms with Crippen LogP contribution in [0, 0.1) is 11.7 Å². The highest BCUT2D eigenvalue weighted by atomic mass is 19.1. The molecule has 0 aromatic heterocycles. The Bertz CT molecular complexity index is 358. The van der Waals surface area contributed by atoms with Gasteiger partial charge in [0.15, 0.2) is 0 Å². The van der Waals surface area contributed by atoms with E-state index in [1.165, 1.54) is 32.1 Å². The quantitative estimate of drug-likeness (QED) is 0.805. The van der Waals surface area contributed by atoms with Crippen molar-refractivity contribution in [1.29, 1.82) is 0 Å². The zero-order valence-corrected chi connectivity index (χ0v) is 11.3. The Balaban J connectivity index is 1.83. The van der Waals surface area contributed by atoms with Gasteiger partial charge in [-0.15, -0.1) is 0 Å². The van der Waals surface area contributed by atoms with Crippen molar-refractivity contribution < 1.29 is 4.39 Å². The van der Waals surface area contributed by atoms with Crippen molar-refractivity contribution in [3.05, 3.63) is 35.6 Å². The molecule has 100 valence electrons. The van der Waals surface area contributed by atoms with Gasteiger partial charge < -0.3 is 5.32 Å². The smallest absolute Gasteiger partial charge is 0.126 e. The van der Waals surface area contributed by atoms with Gasteiger partial charge >= 0.3 is 0 Å². The van der Waals surface area contributed by atoms with Gasteiger partial charge in [-0.25, -0.2) is 4.39 Å². The third-order valence-electron chi connectivity index (χ3n) is 4.23. The van der Waals surface area contributed by atoms with Crippen molar-refractivity contribution in [3.8, 4) is 0 Å². The van der Waals surface area contributed by atoms with Crippen molar-refractivity contribution in [2.24, 2.45) is 5.92 Å². The van der Waals surface area contributed by atoms with Gasteiger partial charge in [-0.3, -0.25) is 0 Å². The number of hydrogen-bond acceptors (Lipinski definition) is 1. The molecule has 1 N–H and O–H groups in total. The first-order valence-corrected chi connectivity index (χ1v) is 7.20. The molecule has 2 rings (SSSR count). The summed E-state index contributed by atoms with van der Waals surface area (Å²) in [5.41, 5.74) is 0.836. The topological polar surface area (TPSA) is 12.0 Å². The SMILES string of the molecule is CNC(CCC1CCCC1)Cc1ccccc1F. The molecular weight excluding hydrogens is 225 g/mol. The Kier molecular flexibility index (Phi) is 5.18. The summed E-state index contributed by atoms with van der Waals surface area (Å²) in [6.07, 6.45) is 8.86. The first kappa shape index (κ1) is 13.5. The fourth-order valence-corrected chi connectivity index (χ4v) is 3.01. The van der Waals surface area contributed by atoms with Gasteiger partial charge in [-0.2, -0.15) is 0 Å². The van der Waals surface area contributed by atoms with Gasteiger partial charge in [-0.1, -0.05) is 43.9 Å². The first-order chi connectivity index (χ1) is 8.79. The van der Waals surface area contributed by atoms with Crippen LogP contribution in [-0.4, -0.2) is 13.1 Å². The molecule has 0 aliphatic heterocycles. The summed E-state index contributed by atoms with van der Waals surface area (Å²) in [6.45, 7) is 0. The molecule has 1 aromatic rings. The van der Waals surface area contributed by atoms with Crippen molar-refractivity contribution in [1.82, 2.24) is 5.32 Å². The Morgan fingerprint density at radius 1 is 1.28 bits per heavy atom. The molecule has 1 aliphatic rings. The zero-order chi connectivity index (χ0) is 12.8. The van der Waals surface area contributed by atoms with Crippen LogP contribution in [-0.2, 0) is 6.42 Å². The third kappa shape index (κ3) is 3.81. The minimum Gasteiger partial charge on any atom is -0.317 e. The monoisotopic (exact) mass is 249 g/mol. The molecule has 1 aliphatic carbocycles. The van der Waals surface area contributed by atoms with Crippen LogP contribution < -0.4 is 5.32 Å². The molecule has 1 nitrogen and oxygen atoms in total. The average Bonchev–Trinajstić information content (AvgIpc) is 2.90. The number of nitrogens with one attached hydrogen (secondary N) is 1. The van der Waals surface area contributed by atoms with Gasteiger partial charge in [0, 0.05) is 6.04 Å². The van der Waals surface area contributed by atoms with E-state index in [1.807, 2.05) is 19.2 Å². The molecule has 18 heavy (non-hydrogen) atoms. The second kappa shape index (κ2) is 6.89. The van der Waals surface area contributed by atoms with Crippen LogP contribution in [0.3, 0.4) is 0 Å². The zero-order valence-electron chi connectivity index (χ0n) is 11.3. The second-order valence-corrected chi connectivity index (χ2v) is 5.51. The van der Waals surface area contributed by atoms with Crippen LogP contribution >= 0.6 is 0 Å². The maximum Gasteiger partial charge on any atom is 0.126 e. The van der Waals surface area contributed by atoms with E-state index in [2.05, 4.69) is 5.32 Å². The largest absolute Gasteiger partial charge is 0.317 e. The van der Waals surface area contributed by atoms with E-state index in [9.17, 15) is 4.39 Å². The van der Waals surface area contributed by atoms with Crippen LogP contribution in [0.5, 0.6) is 0 Å². The molecule has 0 radical (unpaired) electrons. The highest BCUT2D eigenvalue weighted by molar-refractivity contribution is 5.18.